The smallest absolute Gasteiger partial charge is 0.234 e. The SMILES string of the molecule is Cc1nc(NS(=O)(=O)CC(C)CCl)ccc1Br. The van der Waals surface area contributed by atoms with Crippen LogP contribution in [0.15, 0.2) is 16.6 Å². The van der Waals surface area contributed by atoms with Crippen LogP contribution in [-0.4, -0.2) is 25.0 Å². The third-order valence-corrected chi connectivity index (χ3v) is 4.94. The van der Waals surface area contributed by atoms with Gasteiger partial charge in [-0.1, -0.05) is 6.92 Å². The van der Waals surface area contributed by atoms with Crippen LogP contribution in [0.3, 0.4) is 0 Å². The molecule has 0 radical (unpaired) electrons. The van der Waals surface area contributed by atoms with E-state index < -0.39 is 10.0 Å². The van der Waals surface area contributed by atoms with Crippen molar-refractivity contribution in [1.82, 2.24) is 4.98 Å². The molecule has 17 heavy (non-hydrogen) atoms. The number of nitrogens with one attached hydrogen (secondary N) is 1. The van der Waals surface area contributed by atoms with Crippen LogP contribution < -0.4 is 4.72 Å². The van der Waals surface area contributed by atoms with E-state index in [1.54, 1.807) is 26.0 Å². The van der Waals surface area contributed by atoms with Gasteiger partial charge < -0.3 is 0 Å². The van der Waals surface area contributed by atoms with E-state index in [4.69, 9.17) is 11.6 Å². The van der Waals surface area contributed by atoms with Crippen molar-refractivity contribution in [2.75, 3.05) is 16.4 Å². The lowest BCUT2D eigenvalue weighted by molar-refractivity contribution is 0.588. The van der Waals surface area contributed by atoms with Crippen molar-refractivity contribution in [1.29, 1.82) is 0 Å². The standard InChI is InChI=1S/C10H14BrClN2O2S/c1-7(5-12)6-17(15,16)14-10-4-3-9(11)8(2)13-10/h3-4,7H,5-6H2,1-2H3,(H,13,14). The Bertz CT molecular complexity index is 493. The molecule has 0 spiro atoms. The van der Waals surface area contributed by atoms with Crippen molar-refractivity contribution >= 4 is 43.4 Å². The van der Waals surface area contributed by atoms with E-state index in [0.717, 1.165) is 10.2 Å². The number of hydrogen-bond donors (Lipinski definition) is 1. The lowest BCUT2D eigenvalue weighted by Crippen LogP contribution is -2.22. The average molecular weight is 342 g/mol. The molecule has 0 fully saturated rings. The summed E-state index contributed by atoms with van der Waals surface area (Å²) in [6, 6.07) is 3.37. The number of aromatic nitrogens is 1. The third-order valence-electron chi connectivity index (χ3n) is 2.05. The third kappa shape index (κ3) is 4.81. The molecule has 0 saturated carbocycles. The minimum absolute atomic E-state index is 0.00666. The number of anilines is 1. The van der Waals surface area contributed by atoms with Gasteiger partial charge >= 0.3 is 0 Å². The fourth-order valence-corrected chi connectivity index (χ4v) is 3.06. The van der Waals surface area contributed by atoms with Crippen LogP contribution >= 0.6 is 27.5 Å². The minimum atomic E-state index is -3.39. The molecule has 4 nitrogen and oxygen atoms in total. The summed E-state index contributed by atoms with van der Waals surface area (Å²) in [7, 11) is -3.39. The van der Waals surface area contributed by atoms with Crippen molar-refractivity contribution in [3.05, 3.63) is 22.3 Å². The normalized spacial score (nSPS) is 13.4. The molecule has 0 saturated heterocycles. The van der Waals surface area contributed by atoms with Crippen molar-refractivity contribution in [2.45, 2.75) is 13.8 Å². The van der Waals surface area contributed by atoms with Gasteiger partial charge in [-0.25, -0.2) is 13.4 Å². The maximum Gasteiger partial charge on any atom is 0.234 e. The van der Waals surface area contributed by atoms with E-state index in [1.165, 1.54) is 0 Å². The van der Waals surface area contributed by atoms with Gasteiger partial charge in [-0.15, -0.1) is 11.6 Å². The Hall–Kier alpha value is -0.330. The second-order valence-electron chi connectivity index (χ2n) is 3.91. The second-order valence-corrected chi connectivity index (χ2v) is 6.84. The fraction of sp³-hybridized carbons (Fsp3) is 0.500. The van der Waals surface area contributed by atoms with Crippen LogP contribution in [0.2, 0.25) is 0 Å². The molecular formula is C10H14BrClN2O2S. The Kier molecular flexibility index (Phi) is 5.22. The van der Waals surface area contributed by atoms with Gasteiger partial charge in [0.1, 0.15) is 5.82 Å². The summed E-state index contributed by atoms with van der Waals surface area (Å²) in [5.74, 6) is 0.541. The Morgan fingerprint density at radius 3 is 2.71 bits per heavy atom. The number of pyridine rings is 1. The van der Waals surface area contributed by atoms with Crippen LogP contribution in [-0.2, 0) is 10.0 Å². The Morgan fingerprint density at radius 1 is 1.53 bits per heavy atom. The van der Waals surface area contributed by atoms with Gasteiger partial charge in [-0.05, 0) is 40.9 Å². The molecule has 1 unspecified atom stereocenters. The molecule has 1 N–H and O–H groups in total. The van der Waals surface area contributed by atoms with Crippen molar-refractivity contribution in [3.8, 4) is 0 Å². The largest absolute Gasteiger partial charge is 0.267 e. The Balaban J connectivity index is 2.80. The van der Waals surface area contributed by atoms with Crippen molar-refractivity contribution in [3.63, 3.8) is 0 Å². The summed E-state index contributed by atoms with van der Waals surface area (Å²) in [5.41, 5.74) is 0.732. The Labute approximate surface area is 115 Å². The second kappa shape index (κ2) is 6.02. The molecule has 0 aliphatic rings. The monoisotopic (exact) mass is 340 g/mol. The molecular weight excluding hydrogens is 328 g/mol. The summed E-state index contributed by atoms with van der Waals surface area (Å²) < 4.78 is 26.8. The number of hydrogen-bond acceptors (Lipinski definition) is 3. The van der Waals surface area contributed by atoms with E-state index >= 15 is 0 Å². The topological polar surface area (TPSA) is 59.1 Å². The molecule has 0 aliphatic carbocycles. The highest BCUT2D eigenvalue weighted by atomic mass is 79.9. The first-order chi connectivity index (χ1) is 7.84. The number of halogens is 2. The molecule has 1 aromatic heterocycles. The first-order valence-electron chi connectivity index (χ1n) is 5.03. The molecule has 0 amide bonds. The highest BCUT2D eigenvalue weighted by Gasteiger charge is 2.15. The quantitative estimate of drug-likeness (QED) is 0.838. The highest BCUT2D eigenvalue weighted by molar-refractivity contribution is 9.10. The van der Waals surface area contributed by atoms with E-state index in [-0.39, 0.29) is 11.7 Å². The molecule has 0 aliphatic heterocycles. The van der Waals surface area contributed by atoms with E-state index in [9.17, 15) is 8.42 Å². The van der Waals surface area contributed by atoms with Gasteiger partial charge in [0.2, 0.25) is 10.0 Å². The summed E-state index contributed by atoms with van der Waals surface area (Å²) in [6.07, 6.45) is 0. The van der Waals surface area contributed by atoms with E-state index in [1.807, 2.05) is 0 Å². The molecule has 1 heterocycles. The zero-order valence-corrected chi connectivity index (χ0v) is 12.7. The number of nitrogens with zero attached hydrogens (tertiary/aromatic N) is 1. The fourth-order valence-electron chi connectivity index (χ4n) is 1.22. The maximum atomic E-state index is 11.7. The van der Waals surface area contributed by atoms with Gasteiger partial charge in [-0.2, -0.15) is 0 Å². The van der Waals surface area contributed by atoms with Crippen LogP contribution in [0.1, 0.15) is 12.6 Å². The average Bonchev–Trinajstić information content (AvgIpc) is 2.22. The van der Waals surface area contributed by atoms with Gasteiger partial charge in [0, 0.05) is 10.4 Å². The molecule has 1 rings (SSSR count). The minimum Gasteiger partial charge on any atom is -0.267 e. The van der Waals surface area contributed by atoms with E-state index in [2.05, 4.69) is 25.6 Å². The van der Waals surface area contributed by atoms with Crippen LogP contribution in [0.4, 0.5) is 5.82 Å². The summed E-state index contributed by atoms with van der Waals surface area (Å²) >= 11 is 8.90. The molecule has 1 atom stereocenters. The number of sulfonamides is 1. The van der Waals surface area contributed by atoms with Gasteiger partial charge in [-0.3, -0.25) is 4.72 Å². The lowest BCUT2D eigenvalue weighted by atomic mass is 10.3. The summed E-state index contributed by atoms with van der Waals surface area (Å²) in [6.45, 7) is 3.58. The van der Waals surface area contributed by atoms with Crippen LogP contribution in [0, 0.1) is 12.8 Å². The zero-order valence-electron chi connectivity index (χ0n) is 9.57. The first-order valence-corrected chi connectivity index (χ1v) is 8.01. The predicted molar refractivity (Wildman–Crippen MR) is 74.0 cm³/mol. The molecule has 7 heteroatoms. The lowest BCUT2D eigenvalue weighted by Gasteiger charge is -2.11. The van der Waals surface area contributed by atoms with E-state index in [0.29, 0.717) is 11.7 Å². The predicted octanol–water partition coefficient (Wildman–Crippen LogP) is 2.77. The Morgan fingerprint density at radius 2 is 2.18 bits per heavy atom. The zero-order chi connectivity index (χ0) is 13.1. The van der Waals surface area contributed by atoms with Crippen molar-refractivity contribution < 1.29 is 8.42 Å². The first kappa shape index (κ1) is 14.7. The highest BCUT2D eigenvalue weighted by Crippen LogP contribution is 2.17. The van der Waals surface area contributed by atoms with Crippen LogP contribution in [0.25, 0.3) is 0 Å². The maximum absolute atomic E-state index is 11.7. The van der Waals surface area contributed by atoms with Gasteiger partial charge in [0.15, 0.2) is 0 Å². The van der Waals surface area contributed by atoms with Gasteiger partial charge in [0.05, 0.1) is 11.4 Å². The number of rotatable bonds is 5. The number of alkyl halides is 1. The van der Waals surface area contributed by atoms with Crippen molar-refractivity contribution in [2.24, 2.45) is 5.92 Å². The number of aryl methyl sites for hydroxylation is 1. The summed E-state index contributed by atoms with van der Waals surface area (Å²) in [5, 5.41) is 0. The van der Waals surface area contributed by atoms with Gasteiger partial charge in [0.25, 0.3) is 0 Å². The molecule has 0 bridgehead atoms. The molecule has 0 aromatic carbocycles. The van der Waals surface area contributed by atoms with Crippen LogP contribution in [0.5, 0.6) is 0 Å². The molecule has 1 aromatic rings. The molecule has 96 valence electrons. The summed E-state index contributed by atoms with van der Waals surface area (Å²) in [4.78, 5) is 4.12.